The number of nitrogens with two attached hydrogens (primary N) is 1. The summed E-state index contributed by atoms with van der Waals surface area (Å²) >= 11 is 0. The van der Waals surface area contributed by atoms with Crippen LogP contribution in [0.1, 0.15) is 20.3 Å². The van der Waals surface area contributed by atoms with Gasteiger partial charge in [0.2, 0.25) is 0 Å². The molecule has 0 aliphatic carbocycles. The summed E-state index contributed by atoms with van der Waals surface area (Å²) in [7, 11) is 0.849. The molecule has 0 spiro atoms. The lowest BCUT2D eigenvalue weighted by Gasteiger charge is -2.14. The van der Waals surface area contributed by atoms with E-state index in [0.29, 0.717) is 12.4 Å². The summed E-state index contributed by atoms with van der Waals surface area (Å²) in [5.41, 5.74) is 5.62. The number of methoxy groups -OCH3 is 1. The van der Waals surface area contributed by atoms with Crippen LogP contribution in [0.5, 0.6) is 0 Å². The monoisotopic (exact) mass is 193 g/mol. The lowest BCUT2D eigenvalue weighted by Crippen LogP contribution is -2.33. The highest BCUT2D eigenvalue weighted by molar-refractivity contribution is 7.85. The van der Waals surface area contributed by atoms with Gasteiger partial charge in [-0.3, -0.25) is 4.21 Å². The molecule has 0 fully saturated rings. The molecule has 0 bridgehead atoms. The Balaban J connectivity index is 3.57. The SMILES string of the molecule is COCCCS(=O)C(C)C(C)N. The molecule has 2 N–H and O–H groups in total. The van der Waals surface area contributed by atoms with E-state index in [9.17, 15) is 4.21 Å². The van der Waals surface area contributed by atoms with Crippen LogP contribution in [0.4, 0.5) is 0 Å². The Kier molecular flexibility index (Phi) is 6.61. The van der Waals surface area contributed by atoms with Crippen molar-refractivity contribution in [3.05, 3.63) is 0 Å². The molecule has 0 heterocycles. The lowest BCUT2D eigenvalue weighted by molar-refractivity contribution is 0.200. The van der Waals surface area contributed by atoms with Crippen molar-refractivity contribution in [2.75, 3.05) is 19.5 Å². The zero-order valence-electron chi connectivity index (χ0n) is 8.08. The normalized spacial score (nSPS) is 18.7. The van der Waals surface area contributed by atoms with Crippen LogP contribution in [0.25, 0.3) is 0 Å². The molecule has 0 saturated heterocycles. The first kappa shape index (κ1) is 12.1. The number of hydrogen-bond donors (Lipinski definition) is 1. The Labute approximate surface area is 77.1 Å². The predicted molar refractivity (Wildman–Crippen MR) is 52.6 cm³/mol. The molecule has 0 aromatic carbocycles. The molecule has 74 valence electrons. The lowest BCUT2D eigenvalue weighted by atomic mass is 10.3. The van der Waals surface area contributed by atoms with Crippen LogP contribution in [-0.4, -0.2) is 35.0 Å². The van der Waals surface area contributed by atoms with Crippen molar-refractivity contribution in [1.82, 2.24) is 0 Å². The molecule has 12 heavy (non-hydrogen) atoms. The maximum Gasteiger partial charge on any atom is 0.0471 e. The van der Waals surface area contributed by atoms with Crippen molar-refractivity contribution in [3.8, 4) is 0 Å². The summed E-state index contributed by atoms with van der Waals surface area (Å²) in [5.74, 6) is 0.691. The molecule has 3 nitrogen and oxygen atoms in total. The standard InChI is InChI=1S/C8H19NO2S/c1-7(9)8(2)12(10)6-4-5-11-3/h7-8H,4-6,9H2,1-3H3. The van der Waals surface area contributed by atoms with Gasteiger partial charge in [0.25, 0.3) is 0 Å². The minimum Gasteiger partial charge on any atom is -0.385 e. The van der Waals surface area contributed by atoms with E-state index in [2.05, 4.69) is 0 Å². The zero-order chi connectivity index (χ0) is 9.56. The predicted octanol–water partition coefficient (Wildman–Crippen LogP) is 0.507. The number of ether oxygens (including phenoxy) is 1. The van der Waals surface area contributed by atoms with Gasteiger partial charge in [0.05, 0.1) is 0 Å². The van der Waals surface area contributed by atoms with E-state index < -0.39 is 10.8 Å². The van der Waals surface area contributed by atoms with Gasteiger partial charge in [0.1, 0.15) is 0 Å². The van der Waals surface area contributed by atoms with Crippen LogP contribution in [0.15, 0.2) is 0 Å². The maximum atomic E-state index is 11.4. The zero-order valence-corrected chi connectivity index (χ0v) is 8.89. The van der Waals surface area contributed by atoms with Gasteiger partial charge in [0.15, 0.2) is 0 Å². The van der Waals surface area contributed by atoms with E-state index in [1.165, 1.54) is 0 Å². The van der Waals surface area contributed by atoms with Gasteiger partial charge in [-0.2, -0.15) is 0 Å². The second-order valence-corrected chi connectivity index (χ2v) is 4.91. The summed E-state index contributed by atoms with van der Waals surface area (Å²) in [4.78, 5) is 0. The summed E-state index contributed by atoms with van der Waals surface area (Å²) in [6, 6.07) is 0.00776. The Bertz CT molecular complexity index is 139. The minimum absolute atomic E-state index is 0.00776. The van der Waals surface area contributed by atoms with E-state index in [4.69, 9.17) is 10.5 Å². The smallest absolute Gasteiger partial charge is 0.0471 e. The highest BCUT2D eigenvalue weighted by Crippen LogP contribution is 2.01. The molecule has 3 unspecified atom stereocenters. The average Bonchev–Trinajstić information content (AvgIpc) is 2.03. The number of hydrogen-bond acceptors (Lipinski definition) is 3. The third kappa shape index (κ3) is 4.85. The average molecular weight is 193 g/mol. The van der Waals surface area contributed by atoms with E-state index in [-0.39, 0.29) is 11.3 Å². The Morgan fingerprint density at radius 2 is 2.08 bits per heavy atom. The molecular weight excluding hydrogens is 174 g/mol. The highest BCUT2D eigenvalue weighted by Gasteiger charge is 2.14. The van der Waals surface area contributed by atoms with Crippen molar-refractivity contribution >= 4 is 10.8 Å². The van der Waals surface area contributed by atoms with Gasteiger partial charge in [-0.1, -0.05) is 0 Å². The first-order valence-electron chi connectivity index (χ1n) is 4.21. The maximum absolute atomic E-state index is 11.4. The molecule has 0 aromatic heterocycles. The van der Waals surface area contributed by atoms with Crippen molar-refractivity contribution in [1.29, 1.82) is 0 Å². The van der Waals surface area contributed by atoms with Crippen LogP contribution in [0, 0.1) is 0 Å². The first-order valence-corrected chi connectivity index (χ1v) is 5.59. The summed E-state index contributed by atoms with van der Waals surface area (Å²) in [6.07, 6.45) is 0.847. The van der Waals surface area contributed by atoms with Gasteiger partial charge in [0, 0.05) is 41.6 Å². The second-order valence-electron chi connectivity index (χ2n) is 3.00. The van der Waals surface area contributed by atoms with E-state index in [1.54, 1.807) is 7.11 Å². The van der Waals surface area contributed by atoms with Gasteiger partial charge in [-0.25, -0.2) is 0 Å². The van der Waals surface area contributed by atoms with Crippen LogP contribution in [0.3, 0.4) is 0 Å². The second kappa shape index (κ2) is 6.57. The fourth-order valence-electron chi connectivity index (χ4n) is 0.771. The molecule has 0 aliphatic heterocycles. The molecule has 0 aromatic rings. The van der Waals surface area contributed by atoms with Crippen molar-refractivity contribution in [3.63, 3.8) is 0 Å². The molecule has 0 rings (SSSR count). The molecule has 3 atom stereocenters. The summed E-state index contributed by atoms with van der Waals surface area (Å²) < 4.78 is 16.3. The van der Waals surface area contributed by atoms with Crippen molar-refractivity contribution < 1.29 is 8.95 Å². The fourth-order valence-corrected chi connectivity index (χ4v) is 2.02. The molecule has 0 amide bonds. The quantitative estimate of drug-likeness (QED) is 0.625. The Hall–Kier alpha value is 0.0700. The van der Waals surface area contributed by atoms with Crippen LogP contribution in [-0.2, 0) is 15.5 Å². The third-order valence-electron chi connectivity index (χ3n) is 1.85. The summed E-state index contributed by atoms with van der Waals surface area (Å²) in [6.45, 7) is 4.49. The molecule has 0 radical (unpaired) electrons. The van der Waals surface area contributed by atoms with Gasteiger partial charge in [-0.15, -0.1) is 0 Å². The van der Waals surface area contributed by atoms with Crippen LogP contribution >= 0.6 is 0 Å². The van der Waals surface area contributed by atoms with Gasteiger partial charge < -0.3 is 10.5 Å². The van der Waals surface area contributed by atoms with Crippen molar-refractivity contribution in [2.24, 2.45) is 5.73 Å². The van der Waals surface area contributed by atoms with E-state index in [0.717, 1.165) is 6.42 Å². The minimum atomic E-state index is -0.801. The molecule has 0 saturated carbocycles. The van der Waals surface area contributed by atoms with Gasteiger partial charge >= 0.3 is 0 Å². The molecule has 4 heteroatoms. The van der Waals surface area contributed by atoms with Gasteiger partial charge in [-0.05, 0) is 20.3 Å². The largest absolute Gasteiger partial charge is 0.385 e. The van der Waals surface area contributed by atoms with Crippen LogP contribution in [0.2, 0.25) is 0 Å². The molecular formula is C8H19NO2S. The fraction of sp³-hybridized carbons (Fsp3) is 1.00. The first-order chi connectivity index (χ1) is 5.59. The van der Waals surface area contributed by atoms with E-state index in [1.807, 2.05) is 13.8 Å². The van der Waals surface area contributed by atoms with E-state index >= 15 is 0 Å². The van der Waals surface area contributed by atoms with Crippen molar-refractivity contribution in [2.45, 2.75) is 31.6 Å². The molecule has 0 aliphatic rings. The topological polar surface area (TPSA) is 52.3 Å². The van der Waals surface area contributed by atoms with Crippen LogP contribution < -0.4 is 5.73 Å². The third-order valence-corrected chi connectivity index (χ3v) is 3.80. The highest BCUT2D eigenvalue weighted by atomic mass is 32.2. The Morgan fingerprint density at radius 1 is 1.50 bits per heavy atom. The Morgan fingerprint density at radius 3 is 2.50 bits per heavy atom. The summed E-state index contributed by atoms with van der Waals surface area (Å²) in [5, 5.41) is 0.0851. The number of rotatable bonds is 6.